The van der Waals surface area contributed by atoms with E-state index in [0.29, 0.717) is 26.7 Å². The molecule has 9 aromatic rings. The first kappa shape index (κ1) is 29.1. The zero-order valence-electron chi connectivity index (χ0n) is 27.8. The molecule has 0 bridgehead atoms. The van der Waals surface area contributed by atoms with Crippen LogP contribution in [0.4, 0.5) is 34.1 Å². The molecule has 52 heavy (non-hydrogen) atoms. The van der Waals surface area contributed by atoms with Gasteiger partial charge in [0.15, 0.2) is 0 Å². The Hall–Kier alpha value is -6.63. The first-order valence-corrected chi connectivity index (χ1v) is 18.9. The monoisotopic (exact) mass is 687 g/mol. The second kappa shape index (κ2) is 10.7. The minimum Gasteiger partial charge on any atom is -0.309 e. The molecule has 5 nitrogen and oxygen atoms in total. The summed E-state index contributed by atoms with van der Waals surface area (Å²) in [7, 11) is -3.95. The van der Waals surface area contributed by atoms with Gasteiger partial charge in [-0.15, -0.1) is 0 Å². The van der Waals surface area contributed by atoms with Crippen LogP contribution < -0.4 is 9.80 Å². The Balaban J connectivity index is 1.23. The first-order chi connectivity index (χ1) is 25.6. The van der Waals surface area contributed by atoms with Gasteiger partial charge in [-0.25, -0.2) is 8.42 Å². The van der Waals surface area contributed by atoms with E-state index in [9.17, 15) is 0 Å². The zero-order chi connectivity index (χ0) is 34.6. The number of rotatable bonds is 3. The lowest BCUT2D eigenvalue weighted by atomic mass is 9.90. The first-order valence-electron chi connectivity index (χ1n) is 17.4. The molecule has 0 N–H and O–H groups in total. The van der Waals surface area contributed by atoms with E-state index >= 15 is 8.42 Å². The second-order valence-electron chi connectivity index (χ2n) is 13.4. The Morgan fingerprint density at radius 1 is 0.423 bits per heavy atom. The van der Waals surface area contributed by atoms with Crippen molar-refractivity contribution < 1.29 is 8.42 Å². The molecular weight excluding hydrogens is 659 g/mol. The Labute approximate surface area is 300 Å². The lowest BCUT2D eigenvalue weighted by Gasteiger charge is -2.38. The fourth-order valence-electron chi connectivity index (χ4n) is 8.50. The Kier molecular flexibility index (Phi) is 5.99. The van der Waals surface area contributed by atoms with Gasteiger partial charge in [-0.2, -0.15) is 0 Å². The van der Waals surface area contributed by atoms with Crippen molar-refractivity contribution in [3.8, 4) is 16.8 Å². The number of anilines is 6. The van der Waals surface area contributed by atoms with Gasteiger partial charge >= 0.3 is 0 Å². The van der Waals surface area contributed by atoms with Crippen LogP contribution in [-0.2, 0) is 9.84 Å². The number of sulfone groups is 1. The van der Waals surface area contributed by atoms with E-state index in [1.54, 1.807) is 6.07 Å². The molecule has 0 saturated carbocycles. The van der Waals surface area contributed by atoms with Crippen LogP contribution in [-0.4, -0.2) is 13.0 Å². The van der Waals surface area contributed by atoms with Crippen LogP contribution in [0.25, 0.3) is 49.4 Å². The van der Waals surface area contributed by atoms with Crippen molar-refractivity contribution in [1.29, 1.82) is 0 Å². The van der Waals surface area contributed by atoms with Gasteiger partial charge in [0, 0.05) is 38.8 Å². The summed E-state index contributed by atoms with van der Waals surface area (Å²) in [6.45, 7) is 0. The van der Waals surface area contributed by atoms with Crippen molar-refractivity contribution in [2.45, 2.75) is 9.79 Å². The standard InChI is InChI=1S/C46H29N3O2S/c50-52(51)43-24-10-9-22-39(43)48(32-17-5-2-6-18-32)42-28-27-41-45(46(42)52)35-20-11-13-30-14-12-23-40(44(30)35)49(41)33-25-26-38-36(29-33)34-19-7-8-21-37(34)47(38)31-15-3-1-4-16-31/h1-29H. The van der Waals surface area contributed by atoms with Crippen molar-refractivity contribution in [1.82, 2.24) is 4.57 Å². The Morgan fingerprint density at radius 2 is 1.06 bits per heavy atom. The molecule has 0 unspecified atom stereocenters. The third-order valence-corrected chi connectivity index (χ3v) is 12.5. The minimum absolute atomic E-state index is 0.299. The lowest BCUT2D eigenvalue weighted by Crippen LogP contribution is -2.25. The van der Waals surface area contributed by atoms with E-state index < -0.39 is 9.84 Å². The van der Waals surface area contributed by atoms with Crippen molar-refractivity contribution in [2.24, 2.45) is 0 Å². The van der Waals surface area contributed by atoms with Crippen molar-refractivity contribution in [3.05, 3.63) is 176 Å². The van der Waals surface area contributed by atoms with Gasteiger partial charge in [-0.05, 0) is 89.8 Å². The van der Waals surface area contributed by atoms with Gasteiger partial charge in [0.1, 0.15) is 4.90 Å². The smallest absolute Gasteiger partial charge is 0.211 e. The fourth-order valence-corrected chi connectivity index (χ4v) is 10.3. The number of hydrogen-bond donors (Lipinski definition) is 0. The molecule has 6 heteroatoms. The molecule has 8 aromatic carbocycles. The van der Waals surface area contributed by atoms with Crippen LogP contribution in [0.2, 0.25) is 0 Å². The summed E-state index contributed by atoms with van der Waals surface area (Å²) in [5, 5.41) is 4.36. The molecule has 246 valence electrons. The maximum atomic E-state index is 15.0. The Morgan fingerprint density at radius 3 is 1.88 bits per heavy atom. The molecule has 0 radical (unpaired) electrons. The maximum Gasteiger partial charge on any atom is 0.211 e. The highest BCUT2D eigenvalue weighted by molar-refractivity contribution is 7.92. The van der Waals surface area contributed by atoms with Gasteiger partial charge < -0.3 is 14.4 Å². The Bertz CT molecular complexity index is 3040. The normalized spacial score (nSPS) is 14.0. The molecule has 0 amide bonds. The van der Waals surface area contributed by atoms with E-state index in [2.05, 4.69) is 117 Å². The predicted octanol–water partition coefficient (Wildman–Crippen LogP) is 12.0. The number of benzene rings is 8. The molecule has 0 spiro atoms. The van der Waals surface area contributed by atoms with Gasteiger partial charge in [0.05, 0.1) is 38.7 Å². The fraction of sp³-hybridized carbons (Fsp3) is 0. The molecule has 0 fully saturated rings. The molecule has 0 aliphatic carbocycles. The molecular formula is C46H29N3O2S. The quantitative estimate of drug-likeness (QED) is 0.185. The third kappa shape index (κ3) is 3.90. The summed E-state index contributed by atoms with van der Waals surface area (Å²) in [6, 6.07) is 59.6. The maximum absolute atomic E-state index is 15.0. The van der Waals surface area contributed by atoms with Crippen molar-refractivity contribution in [3.63, 3.8) is 0 Å². The van der Waals surface area contributed by atoms with Crippen LogP contribution in [0.15, 0.2) is 186 Å². The van der Waals surface area contributed by atoms with Gasteiger partial charge in [0.25, 0.3) is 0 Å². The topological polar surface area (TPSA) is 45.6 Å². The van der Waals surface area contributed by atoms with Crippen LogP contribution in [0.3, 0.4) is 0 Å². The van der Waals surface area contributed by atoms with Crippen molar-refractivity contribution >= 4 is 76.5 Å². The average molecular weight is 688 g/mol. The third-order valence-electron chi connectivity index (χ3n) is 10.6. The predicted molar refractivity (Wildman–Crippen MR) is 212 cm³/mol. The minimum atomic E-state index is -3.95. The summed E-state index contributed by atoms with van der Waals surface area (Å²) in [5.41, 5.74) is 9.95. The SMILES string of the molecule is O=S1(=O)c2ccccc2N(c2ccccc2)c2ccc3c(c21)-c1cccc2cccc(c12)N3c1ccc2c(c1)c1ccccc1n2-c1ccccc1. The number of aromatic nitrogens is 1. The summed E-state index contributed by atoms with van der Waals surface area (Å²) in [6.07, 6.45) is 0. The molecule has 0 saturated heterocycles. The lowest BCUT2D eigenvalue weighted by molar-refractivity contribution is 0.595. The van der Waals surface area contributed by atoms with Gasteiger partial charge in [-0.3, -0.25) is 0 Å². The number of nitrogens with zero attached hydrogens (tertiary/aromatic N) is 3. The molecule has 2 aliphatic rings. The van der Waals surface area contributed by atoms with Gasteiger partial charge in [-0.1, -0.05) is 97.1 Å². The van der Waals surface area contributed by atoms with E-state index in [1.807, 2.05) is 66.7 Å². The second-order valence-corrected chi connectivity index (χ2v) is 15.2. The van der Waals surface area contributed by atoms with Crippen LogP contribution in [0, 0.1) is 0 Å². The highest BCUT2D eigenvalue weighted by Gasteiger charge is 2.41. The molecule has 1 aromatic heterocycles. The summed E-state index contributed by atoms with van der Waals surface area (Å²) < 4.78 is 32.4. The molecule has 0 atom stereocenters. The molecule has 2 aliphatic heterocycles. The van der Waals surface area contributed by atoms with Crippen LogP contribution >= 0.6 is 0 Å². The zero-order valence-corrected chi connectivity index (χ0v) is 28.6. The number of hydrogen-bond acceptors (Lipinski definition) is 4. The largest absolute Gasteiger partial charge is 0.309 e. The highest BCUT2D eigenvalue weighted by atomic mass is 32.2. The number of para-hydroxylation sites is 4. The van der Waals surface area contributed by atoms with Crippen LogP contribution in [0.5, 0.6) is 0 Å². The van der Waals surface area contributed by atoms with E-state index in [-0.39, 0.29) is 0 Å². The summed E-state index contributed by atoms with van der Waals surface area (Å²) in [4.78, 5) is 4.96. The van der Waals surface area contributed by atoms with Crippen LogP contribution in [0.1, 0.15) is 0 Å². The number of fused-ring (bicyclic) bond motifs is 8. The van der Waals surface area contributed by atoms with Gasteiger partial charge in [0.2, 0.25) is 9.84 Å². The average Bonchev–Trinajstić information content (AvgIpc) is 3.52. The summed E-state index contributed by atoms with van der Waals surface area (Å²) in [5.74, 6) is 0. The molecule has 3 heterocycles. The molecule has 11 rings (SSSR count). The van der Waals surface area contributed by atoms with E-state index in [1.165, 1.54) is 0 Å². The van der Waals surface area contributed by atoms with Crippen molar-refractivity contribution in [2.75, 3.05) is 9.80 Å². The highest BCUT2D eigenvalue weighted by Crippen LogP contribution is 2.59. The van der Waals surface area contributed by atoms with E-state index in [4.69, 9.17) is 0 Å². The summed E-state index contributed by atoms with van der Waals surface area (Å²) >= 11 is 0. The van der Waals surface area contributed by atoms with E-state index in [0.717, 1.165) is 66.6 Å².